The molecule has 7 nitrogen and oxygen atoms in total. The van der Waals surface area contributed by atoms with Crippen molar-refractivity contribution < 1.29 is 17.9 Å². The molecule has 2 unspecified atom stereocenters. The summed E-state index contributed by atoms with van der Waals surface area (Å²) in [4.78, 5) is 2.30. The molecular weight excluding hydrogens is 473 g/mol. The molecule has 1 aromatic carbocycles. The number of alkyl halides is 3. The van der Waals surface area contributed by atoms with Crippen LogP contribution < -0.4 is 9.91 Å². The summed E-state index contributed by atoms with van der Waals surface area (Å²) in [5.74, 6) is 1.14. The Labute approximate surface area is 197 Å². The number of ether oxygens (including phenoxy) is 1. The summed E-state index contributed by atoms with van der Waals surface area (Å²) in [7, 11) is 1.83. The van der Waals surface area contributed by atoms with Gasteiger partial charge in [0.15, 0.2) is 15.2 Å². The van der Waals surface area contributed by atoms with E-state index < -0.39 is 11.7 Å². The number of benzene rings is 1. The molecule has 0 radical (unpaired) electrons. The second-order valence-corrected chi connectivity index (χ2v) is 10.2. The number of hydrogen-bond acceptors (Lipinski definition) is 9. The van der Waals surface area contributed by atoms with Crippen molar-refractivity contribution in [1.82, 2.24) is 10.2 Å². The van der Waals surface area contributed by atoms with Gasteiger partial charge in [-0.15, -0.1) is 10.2 Å². The van der Waals surface area contributed by atoms with Crippen molar-refractivity contribution in [3.8, 4) is 6.07 Å². The average molecular weight is 493 g/mol. The molecule has 0 spiro atoms. The molecule has 2 saturated heterocycles. The van der Waals surface area contributed by atoms with E-state index in [1.54, 1.807) is 5.01 Å². The Morgan fingerprint density at radius 1 is 1.21 bits per heavy atom. The molecule has 2 bridgehead atoms. The second-order valence-electron chi connectivity index (χ2n) is 7.98. The van der Waals surface area contributed by atoms with E-state index in [1.165, 1.54) is 29.6 Å². The van der Waals surface area contributed by atoms with Gasteiger partial charge in [-0.05, 0) is 42.3 Å². The van der Waals surface area contributed by atoms with Crippen molar-refractivity contribution in [3.63, 3.8) is 0 Å². The molecule has 3 aliphatic rings. The van der Waals surface area contributed by atoms with Gasteiger partial charge in [-0.1, -0.05) is 17.8 Å². The van der Waals surface area contributed by atoms with Crippen LogP contribution in [0.15, 0.2) is 34.4 Å². The zero-order valence-electron chi connectivity index (χ0n) is 17.5. The van der Waals surface area contributed by atoms with Crippen LogP contribution in [0.3, 0.4) is 0 Å². The molecule has 0 saturated carbocycles. The van der Waals surface area contributed by atoms with Gasteiger partial charge in [0, 0.05) is 18.9 Å². The van der Waals surface area contributed by atoms with Gasteiger partial charge in [0.25, 0.3) is 0 Å². The van der Waals surface area contributed by atoms with Crippen LogP contribution in [0.25, 0.3) is 0 Å². The van der Waals surface area contributed by atoms with Crippen LogP contribution in [0.5, 0.6) is 0 Å². The number of fused-ring (bicyclic) bond motifs is 3. The minimum Gasteiger partial charge on any atom is -0.377 e. The number of nitriles is 1. The summed E-state index contributed by atoms with van der Waals surface area (Å²) < 4.78 is 45.1. The molecule has 172 valence electrons. The fourth-order valence-corrected chi connectivity index (χ4v) is 6.32. The average Bonchev–Trinajstić information content (AvgIpc) is 3.04. The molecule has 1 aromatic heterocycles. The maximum absolute atomic E-state index is 12.9. The highest BCUT2D eigenvalue weighted by Crippen LogP contribution is 2.41. The fourth-order valence-electron chi connectivity index (χ4n) is 4.25. The van der Waals surface area contributed by atoms with Gasteiger partial charge < -0.3 is 9.64 Å². The van der Waals surface area contributed by atoms with E-state index in [0.29, 0.717) is 46.0 Å². The monoisotopic (exact) mass is 492 g/mol. The van der Waals surface area contributed by atoms with Gasteiger partial charge in [-0.25, -0.2) is 0 Å². The van der Waals surface area contributed by atoms with Gasteiger partial charge >= 0.3 is 6.18 Å². The predicted molar refractivity (Wildman–Crippen MR) is 121 cm³/mol. The van der Waals surface area contributed by atoms with Crippen LogP contribution in [0, 0.1) is 11.3 Å². The van der Waals surface area contributed by atoms with Gasteiger partial charge in [0.05, 0.1) is 48.2 Å². The van der Waals surface area contributed by atoms with Crippen molar-refractivity contribution in [1.29, 1.82) is 5.26 Å². The van der Waals surface area contributed by atoms with E-state index >= 15 is 0 Å². The summed E-state index contributed by atoms with van der Waals surface area (Å²) in [6.45, 7) is 1.40. The third-order valence-electron chi connectivity index (χ3n) is 5.91. The number of thioether (sulfide) groups is 2. The Morgan fingerprint density at radius 2 is 1.97 bits per heavy atom. The summed E-state index contributed by atoms with van der Waals surface area (Å²) in [6.07, 6.45) is -2.31. The van der Waals surface area contributed by atoms with Crippen LogP contribution in [-0.4, -0.2) is 46.9 Å². The Bertz CT molecular complexity index is 1140. The molecule has 0 amide bonds. The molecule has 4 heterocycles. The van der Waals surface area contributed by atoms with Gasteiger partial charge in [-0.2, -0.15) is 23.5 Å². The third-order valence-corrected chi connectivity index (χ3v) is 8.03. The normalized spacial score (nSPS) is 22.1. The van der Waals surface area contributed by atoms with Crippen molar-refractivity contribution in [2.24, 2.45) is 5.10 Å². The molecule has 2 fully saturated rings. The lowest BCUT2D eigenvalue weighted by molar-refractivity contribution is -0.137. The largest absolute Gasteiger partial charge is 0.416 e. The number of anilines is 2. The summed E-state index contributed by atoms with van der Waals surface area (Å²) >= 11 is 2.71. The van der Waals surface area contributed by atoms with E-state index in [-0.39, 0.29) is 5.56 Å². The number of nitrogens with zero attached hydrogens (tertiary/aromatic N) is 6. The van der Waals surface area contributed by atoms with Crippen LogP contribution in [-0.2, 0) is 16.7 Å². The van der Waals surface area contributed by atoms with Gasteiger partial charge in [0.2, 0.25) is 0 Å². The summed E-state index contributed by atoms with van der Waals surface area (Å²) in [6, 6.07) is 7.75. The molecule has 0 aliphatic carbocycles. The lowest BCUT2D eigenvalue weighted by Crippen LogP contribution is -2.46. The van der Waals surface area contributed by atoms with E-state index in [2.05, 4.69) is 20.2 Å². The molecule has 33 heavy (non-hydrogen) atoms. The minimum atomic E-state index is -4.48. The molecule has 3 aliphatic heterocycles. The molecule has 2 aromatic rings. The van der Waals surface area contributed by atoms with Gasteiger partial charge in [-0.3, -0.25) is 5.01 Å². The lowest BCUT2D eigenvalue weighted by Gasteiger charge is -2.36. The number of hydrogen-bond donors (Lipinski definition) is 0. The van der Waals surface area contributed by atoms with Crippen molar-refractivity contribution >= 4 is 39.4 Å². The Kier molecular flexibility index (Phi) is 5.88. The first-order valence-corrected chi connectivity index (χ1v) is 12.1. The van der Waals surface area contributed by atoms with Crippen molar-refractivity contribution in [2.45, 2.75) is 41.9 Å². The second kappa shape index (κ2) is 8.70. The first kappa shape index (κ1) is 22.3. The highest BCUT2D eigenvalue weighted by atomic mass is 32.2. The van der Waals surface area contributed by atoms with Crippen LogP contribution >= 0.6 is 23.5 Å². The Morgan fingerprint density at radius 3 is 2.67 bits per heavy atom. The fraction of sp³-hybridized carbons (Fsp3) is 0.429. The zero-order chi connectivity index (χ0) is 23.2. The zero-order valence-corrected chi connectivity index (χ0v) is 19.2. The topological polar surface area (TPSA) is 77.6 Å². The summed E-state index contributed by atoms with van der Waals surface area (Å²) in [5, 5.41) is 25.2. The van der Waals surface area contributed by atoms with Crippen LogP contribution in [0.2, 0.25) is 0 Å². The molecular formula is C21H19F3N6OS2. The maximum Gasteiger partial charge on any atom is 0.416 e. The quantitative estimate of drug-likeness (QED) is 0.621. The van der Waals surface area contributed by atoms with Gasteiger partial charge in [0.1, 0.15) is 0 Å². The minimum absolute atomic E-state index is 0.0112. The highest BCUT2D eigenvalue weighted by Gasteiger charge is 2.39. The van der Waals surface area contributed by atoms with Crippen molar-refractivity contribution in [2.75, 3.05) is 30.2 Å². The SMILES string of the molecule is CN1N=C(SCc2ccc(C(F)(F)F)cc2C#N)Sc2nnc(N3C4CCC3COC4)cc21. The lowest BCUT2D eigenvalue weighted by atomic mass is 10.1. The number of hydrazone groups is 1. The molecule has 5 rings (SSSR count). The van der Waals surface area contributed by atoms with E-state index in [1.807, 2.05) is 19.2 Å². The number of aromatic nitrogens is 2. The summed E-state index contributed by atoms with van der Waals surface area (Å²) in [5.41, 5.74) is 0.562. The smallest absolute Gasteiger partial charge is 0.377 e. The first-order chi connectivity index (χ1) is 15.8. The maximum atomic E-state index is 12.9. The van der Waals surface area contributed by atoms with E-state index in [0.717, 1.165) is 36.5 Å². The number of rotatable bonds is 3. The van der Waals surface area contributed by atoms with Crippen LogP contribution in [0.1, 0.15) is 29.5 Å². The highest BCUT2D eigenvalue weighted by molar-refractivity contribution is 8.38. The molecule has 12 heteroatoms. The molecule has 2 atom stereocenters. The van der Waals surface area contributed by atoms with Crippen LogP contribution in [0.4, 0.5) is 24.7 Å². The number of morpholine rings is 1. The first-order valence-electron chi connectivity index (χ1n) is 10.3. The molecule has 0 N–H and O–H groups in total. The number of halogens is 3. The van der Waals surface area contributed by atoms with Crippen molar-refractivity contribution in [3.05, 3.63) is 41.0 Å². The third kappa shape index (κ3) is 4.37. The van der Waals surface area contributed by atoms with E-state index in [9.17, 15) is 18.4 Å². The predicted octanol–water partition coefficient (Wildman–Crippen LogP) is 4.48. The standard InChI is InChI=1S/C21H19F3N6OS2/c1-29-17-7-18(30-15-4-5-16(30)10-31-9-15)26-27-19(17)33-20(28-29)32-11-12-2-3-14(21(22,23)24)6-13(12)8-25/h2-3,6-7,15-16H,4-5,9-11H2,1H3. The van der Waals surface area contributed by atoms with E-state index in [4.69, 9.17) is 4.74 Å². The Balaban J connectivity index is 1.30. The Hall–Kier alpha value is -2.49.